The number of nitrogens with zero attached hydrogens (tertiary/aromatic N) is 3. The third-order valence-electron chi connectivity index (χ3n) is 2.23. The summed E-state index contributed by atoms with van der Waals surface area (Å²) < 4.78 is 8.64. The molecule has 0 aromatic carbocycles. The minimum Gasteiger partial charge on any atom is -0.476 e. The zero-order valence-corrected chi connectivity index (χ0v) is 12.4. The zero-order valence-electron chi connectivity index (χ0n) is 11.6. The van der Waals surface area contributed by atoms with E-state index >= 15 is 0 Å². The summed E-state index contributed by atoms with van der Waals surface area (Å²) in [5.74, 6) is -2.18. The van der Waals surface area contributed by atoms with Crippen LogP contribution in [0.1, 0.15) is 32.5 Å². The molecule has 0 aliphatic carbocycles. The van der Waals surface area contributed by atoms with Gasteiger partial charge in [-0.1, -0.05) is 18.5 Å². The van der Waals surface area contributed by atoms with E-state index in [-0.39, 0.29) is 17.6 Å². The fraction of sp³-hybridized carbons (Fsp3) is 0.545. The van der Waals surface area contributed by atoms with E-state index in [1.807, 2.05) is 6.92 Å². The number of aliphatic carboxylic acids is 1. The normalized spacial score (nSPS) is 12.8. The summed E-state index contributed by atoms with van der Waals surface area (Å²) in [5.41, 5.74) is 4.84. The second-order valence-electron chi connectivity index (χ2n) is 3.97. The Balaban J connectivity index is 2.66. The first-order valence-electron chi connectivity index (χ1n) is 6.19. The molecule has 116 valence electrons. The Morgan fingerprint density at radius 1 is 1.52 bits per heavy atom. The van der Waals surface area contributed by atoms with Crippen LogP contribution in [-0.2, 0) is 19.2 Å². The summed E-state index contributed by atoms with van der Waals surface area (Å²) >= 11 is 0.830. The quantitative estimate of drug-likeness (QED) is 0.309. The van der Waals surface area contributed by atoms with Crippen molar-refractivity contribution in [1.82, 2.24) is 9.36 Å². The maximum Gasteiger partial charge on any atom is 0.362 e. The van der Waals surface area contributed by atoms with Gasteiger partial charge in [0.2, 0.25) is 17.6 Å². The number of carboxylic acid groups (broad SMARTS) is 1. The molecular formula is C11H16N4O5S. The Bertz CT molecular complexity index is 530. The highest BCUT2D eigenvalue weighted by molar-refractivity contribution is 7.09. The molecule has 0 unspecified atom stereocenters. The van der Waals surface area contributed by atoms with E-state index in [1.54, 1.807) is 0 Å². The highest BCUT2D eigenvalue weighted by Crippen LogP contribution is 2.08. The third kappa shape index (κ3) is 5.34. The second-order valence-corrected chi connectivity index (χ2v) is 4.75. The lowest BCUT2D eigenvalue weighted by Gasteiger charge is -2.09. The molecule has 0 bridgehead atoms. The van der Waals surface area contributed by atoms with Crippen molar-refractivity contribution < 1.29 is 24.3 Å². The van der Waals surface area contributed by atoms with E-state index in [4.69, 9.17) is 20.4 Å². The molecule has 1 aromatic rings. The van der Waals surface area contributed by atoms with Gasteiger partial charge in [0.15, 0.2) is 5.13 Å². The van der Waals surface area contributed by atoms with E-state index < -0.39 is 23.8 Å². The van der Waals surface area contributed by atoms with Gasteiger partial charge in [0, 0.05) is 11.5 Å². The largest absolute Gasteiger partial charge is 0.476 e. The number of aromatic nitrogens is 2. The Morgan fingerprint density at radius 2 is 2.24 bits per heavy atom. The summed E-state index contributed by atoms with van der Waals surface area (Å²) in [7, 11) is 0. The van der Waals surface area contributed by atoms with E-state index in [0.29, 0.717) is 0 Å². The molecular weight excluding hydrogens is 300 g/mol. The number of hydrogen-bond acceptors (Lipinski definition) is 9. The molecule has 0 amide bonds. The van der Waals surface area contributed by atoms with Crippen LogP contribution in [0.25, 0.3) is 0 Å². The molecule has 0 saturated carbocycles. The topological polar surface area (TPSA) is 137 Å². The fourth-order valence-electron chi connectivity index (χ4n) is 1.12. The number of carbonyl (C=O) groups excluding carboxylic acids is 1. The number of rotatable bonds is 8. The van der Waals surface area contributed by atoms with Crippen LogP contribution in [0.3, 0.4) is 0 Å². The van der Waals surface area contributed by atoms with Gasteiger partial charge in [-0.25, -0.2) is 9.59 Å². The lowest BCUT2D eigenvalue weighted by molar-refractivity contribution is -0.156. The van der Waals surface area contributed by atoms with E-state index in [2.05, 4.69) is 14.5 Å². The maximum atomic E-state index is 11.5. The van der Waals surface area contributed by atoms with Crippen LogP contribution < -0.4 is 5.73 Å². The van der Waals surface area contributed by atoms with E-state index in [9.17, 15) is 9.59 Å². The summed E-state index contributed by atoms with van der Waals surface area (Å²) in [6.45, 7) is 3.65. The summed E-state index contributed by atoms with van der Waals surface area (Å²) in [4.78, 5) is 31.1. The molecule has 1 heterocycles. The highest BCUT2D eigenvalue weighted by atomic mass is 32.1. The predicted octanol–water partition coefficient (Wildman–Crippen LogP) is 0.657. The van der Waals surface area contributed by atoms with Gasteiger partial charge in [-0.05, 0) is 13.3 Å². The predicted molar refractivity (Wildman–Crippen MR) is 74.9 cm³/mol. The number of ether oxygens (including phenoxy) is 1. The van der Waals surface area contributed by atoms with Crippen molar-refractivity contribution in [3.05, 3.63) is 5.82 Å². The number of anilines is 1. The SMILES string of the molecule is CCCCOC(=O)[C@@H](C)O/N=C(\C(=O)O)c1nsc(N)n1. The van der Waals surface area contributed by atoms with Crippen molar-refractivity contribution in [1.29, 1.82) is 0 Å². The smallest absolute Gasteiger partial charge is 0.362 e. The molecule has 10 heteroatoms. The summed E-state index contributed by atoms with van der Waals surface area (Å²) in [6, 6.07) is 0. The fourth-order valence-corrected chi connectivity index (χ4v) is 1.55. The standard InChI is InChI=1S/C11H16N4O5S/c1-3-4-5-19-10(18)6(2)20-14-7(9(16)17)8-13-11(12)21-15-8/h6H,3-5H2,1-2H3,(H,16,17)(H2,12,13,15)/b14-7-/t6-/m1/s1. The van der Waals surface area contributed by atoms with Crippen LogP contribution in [0, 0.1) is 0 Å². The van der Waals surface area contributed by atoms with Gasteiger partial charge in [0.05, 0.1) is 6.61 Å². The molecule has 1 atom stereocenters. The zero-order chi connectivity index (χ0) is 15.8. The first-order valence-corrected chi connectivity index (χ1v) is 6.96. The van der Waals surface area contributed by atoms with Crippen LogP contribution in [-0.4, -0.2) is 44.8 Å². The van der Waals surface area contributed by atoms with E-state index in [1.165, 1.54) is 6.92 Å². The van der Waals surface area contributed by atoms with Crippen molar-refractivity contribution in [2.45, 2.75) is 32.8 Å². The molecule has 3 N–H and O–H groups in total. The minimum absolute atomic E-state index is 0.103. The molecule has 0 aliphatic heterocycles. The van der Waals surface area contributed by atoms with Gasteiger partial charge in [-0.3, -0.25) is 0 Å². The van der Waals surface area contributed by atoms with Crippen LogP contribution in [0.5, 0.6) is 0 Å². The van der Waals surface area contributed by atoms with E-state index in [0.717, 1.165) is 24.4 Å². The Labute approximate surface area is 124 Å². The number of esters is 1. The average molecular weight is 316 g/mol. The Kier molecular flexibility index (Phi) is 6.53. The van der Waals surface area contributed by atoms with Gasteiger partial charge >= 0.3 is 11.9 Å². The van der Waals surface area contributed by atoms with Crippen molar-refractivity contribution in [3.63, 3.8) is 0 Å². The molecule has 0 saturated heterocycles. The molecule has 0 aliphatic rings. The monoisotopic (exact) mass is 316 g/mol. The number of unbranched alkanes of at least 4 members (excludes halogenated alkanes) is 1. The molecule has 1 rings (SSSR count). The molecule has 1 aromatic heterocycles. The molecule has 0 radical (unpaired) electrons. The number of nitrogens with two attached hydrogens (primary N) is 1. The Morgan fingerprint density at radius 3 is 2.76 bits per heavy atom. The van der Waals surface area contributed by atoms with Crippen LogP contribution in [0.2, 0.25) is 0 Å². The average Bonchev–Trinajstić information content (AvgIpc) is 2.85. The number of oxime groups is 1. The molecule has 0 fully saturated rings. The van der Waals surface area contributed by atoms with Gasteiger partial charge in [0.25, 0.3) is 0 Å². The highest BCUT2D eigenvalue weighted by Gasteiger charge is 2.21. The lowest BCUT2D eigenvalue weighted by atomic mass is 10.3. The number of hydrogen-bond donors (Lipinski definition) is 2. The van der Waals surface area contributed by atoms with Gasteiger partial charge in [-0.2, -0.15) is 9.36 Å². The first-order chi connectivity index (χ1) is 9.95. The second kappa shape index (κ2) is 8.15. The third-order valence-corrected chi connectivity index (χ3v) is 2.77. The van der Waals surface area contributed by atoms with Crippen molar-refractivity contribution in [3.8, 4) is 0 Å². The Hall–Kier alpha value is -2.23. The summed E-state index contributed by atoms with van der Waals surface area (Å²) in [6.07, 6.45) is 0.595. The number of nitrogen functional groups attached to an aromatic ring is 1. The van der Waals surface area contributed by atoms with Gasteiger partial charge < -0.3 is 20.4 Å². The minimum atomic E-state index is -1.39. The summed E-state index contributed by atoms with van der Waals surface area (Å²) in [5, 5.41) is 12.5. The number of carbonyl (C=O) groups is 2. The van der Waals surface area contributed by atoms with Crippen LogP contribution in [0.15, 0.2) is 5.16 Å². The lowest BCUT2D eigenvalue weighted by Crippen LogP contribution is -2.24. The first kappa shape index (κ1) is 16.8. The van der Waals surface area contributed by atoms with Crippen LogP contribution >= 0.6 is 11.5 Å². The molecule has 0 spiro atoms. The molecule has 9 nitrogen and oxygen atoms in total. The van der Waals surface area contributed by atoms with Crippen molar-refractivity contribution in [2.75, 3.05) is 12.3 Å². The van der Waals surface area contributed by atoms with Gasteiger partial charge in [-0.15, -0.1) is 0 Å². The van der Waals surface area contributed by atoms with Crippen molar-refractivity contribution >= 4 is 34.3 Å². The van der Waals surface area contributed by atoms with Gasteiger partial charge in [0.1, 0.15) is 0 Å². The molecule has 21 heavy (non-hydrogen) atoms. The van der Waals surface area contributed by atoms with Crippen LogP contribution in [0.4, 0.5) is 5.13 Å². The maximum absolute atomic E-state index is 11.5. The van der Waals surface area contributed by atoms with Crippen molar-refractivity contribution in [2.24, 2.45) is 5.16 Å². The number of carboxylic acids is 1.